The molecule has 0 amide bonds. The molecule has 112 valence electrons. The van der Waals surface area contributed by atoms with Gasteiger partial charge < -0.3 is 5.11 Å². The number of halogens is 2. The highest BCUT2D eigenvalue weighted by Gasteiger charge is 2.20. The fourth-order valence-electron chi connectivity index (χ4n) is 1.44. The molecule has 2 N–H and O–H groups in total. The largest absolute Gasteiger partial charge is 0.478 e. The van der Waals surface area contributed by atoms with Gasteiger partial charge in [-0.1, -0.05) is 25.4 Å². The van der Waals surface area contributed by atoms with E-state index in [0.29, 0.717) is 18.9 Å². The number of aromatic carboxylic acids is 1. The molecule has 0 unspecified atom stereocenters. The predicted molar refractivity (Wildman–Crippen MR) is 80.8 cm³/mol. The molecule has 20 heavy (non-hydrogen) atoms. The molecule has 0 aromatic heterocycles. The Morgan fingerprint density at radius 1 is 1.45 bits per heavy atom. The highest BCUT2D eigenvalue weighted by Crippen LogP contribution is 2.29. The first-order valence-corrected chi connectivity index (χ1v) is 8.52. The van der Waals surface area contributed by atoms with Crippen LogP contribution in [0.5, 0.6) is 0 Å². The lowest BCUT2D eigenvalue weighted by molar-refractivity contribution is 0.0696. The zero-order valence-corrected chi connectivity index (χ0v) is 14.1. The zero-order valence-electron chi connectivity index (χ0n) is 11.0. The lowest BCUT2D eigenvalue weighted by atomic mass is 10.1. The summed E-state index contributed by atoms with van der Waals surface area (Å²) in [6.07, 6.45) is 0.694. The van der Waals surface area contributed by atoms with Crippen molar-refractivity contribution in [3.63, 3.8) is 0 Å². The van der Waals surface area contributed by atoms with Crippen LogP contribution in [-0.2, 0) is 10.0 Å². The minimum absolute atomic E-state index is 0.0290. The molecule has 1 aromatic rings. The van der Waals surface area contributed by atoms with E-state index in [4.69, 9.17) is 16.7 Å². The Hall–Kier alpha value is -0.630. The molecule has 0 fully saturated rings. The molecule has 0 aliphatic rings. The number of rotatable bonds is 6. The Morgan fingerprint density at radius 2 is 2.05 bits per heavy atom. The number of nitrogens with one attached hydrogen (secondary N) is 1. The molecule has 1 aromatic carbocycles. The smallest absolute Gasteiger partial charge is 0.337 e. The molecule has 0 bridgehead atoms. The van der Waals surface area contributed by atoms with Crippen LogP contribution in [-0.4, -0.2) is 26.0 Å². The summed E-state index contributed by atoms with van der Waals surface area (Å²) in [6, 6.07) is 2.33. The molecule has 0 aliphatic carbocycles. The fraction of sp³-hybridized carbons (Fsp3) is 0.417. The van der Waals surface area contributed by atoms with Crippen LogP contribution >= 0.6 is 27.5 Å². The van der Waals surface area contributed by atoms with Crippen molar-refractivity contribution in [3.8, 4) is 0 Å². The number of carbonyl (C=O) groups is 1. The lowest BCUT2D eigenvalue weighted by Gasteiger charge is -2.10. The van der Waals surface area contributed by atoms with Crippen LogP contribution in [0.4, 0.5) is 0 Å². The lowest BCUT2D eigenvalue weighted by Crippen LogP contribution is -2.26. The fourth-order valence-corrected chi connectivity index (χ4v) is 3.34. The van der Waals surface area contributed by atoms with Crippen molar-refractivity contribution >= 4 is 43.5 Å². The number of carboxylic acid groups (broad SMARTS) is 1. The third-order valence-electron chi connectivity index (χ3n) is 2.56. The molecule has 0 saturated carbocycles. The number of benzene rings is 1. The molecule has 5 nitrogen and oxygen atoms in total. The van der Waals surface area contributed by atoms with E-state index in [1.165, 1.54) is 6.07 Å². The molecular formula is C12H15BrClNO4S. The van der Waals surface area contributed by atoms with E-state index < -0.39 is 16.0 Å². The van der Waals surface area contributed by atoms with Crippen molar-refractivity contribution in [2.45, 2.75) is 25.2 Å². The van der Waals surface area contributed by atoms with E-state index >= 15 is 0 Å². The van der Waals surface area contributed by atoms with Crippen molar-refractivity contribution < 1.29 is 18.3 Å². The van der Waals surface area contributed by atoms with Gasteiger partial charge in [0.25, 0.3) is 0 Å². The maximum atomic E-state index is 12.1. The highest BCUT2D eigenvalue weighted by atomic mass is 79.9. The summed E-state index contributed by atoms with van der Waals surface area (Å²) < 4.78 is 26.8. The van der Waals surface area contributed by atoms with Crippen LogP contribution in [0.3, 0.4) is 0 Å². The summed E-state index contributed by atoms with van der Waals surface area (Å²) in [5, 5.41) is 8.98. The van der Waals surface area contributed by atoms with Crippen LogP contribution in [0.25, 0.3) is 0 Å². The summed E-state index contributed by atoms with van der Waals surface area (Å²) in [6.45, 7) is 4.26. The van der Waals surface area contributed by atoms with Crippen LogP contribution < -0.4 is 4.72 Å². The SMILES string of the molecule is CC(C)CCNS(=O)(=O)c1cc(Br)c(Cl)c(C(=O)O)c1. The maximum absolute atomic E-state index is 12.1. The number of sulfonamides is 1. The van der Waals surface area contributed by atoms with Gasteiger partial charge in [0.05, 0.1) is 15.5 Å². The second kappa shape index (κ2) is 6.89. The topological polar surface area (TPSA) is 83.5 Å². The zero-order chi connectivity index (χ0) is 15.5. The van der Waals surface area contributed by atoms with Gasteiger partial charge in [-0.05, 0) is 40.4 Å². The average molecular weight is 385 g/mol. The van der Waals surface area contributed by atoms with Gasteiger partial charge in [0.15, 0.2) is 0 Å². The van der Waals surface area contributed by atoms with Crippen LogP contribution in [0, 0.1) is 5.92 Å². The van der Waals surface area contributed by atoms with Crippen molar-refractivity contribution in [3.05, 3.63) is 27.2 Å². The van der Waals surface area contributed by atoms with Gasteiger partial charge >= 0.3 is 5.97 Å². The summed E-state index contributed by atoms with van der Waals surface area (Å²) in [5.74, 6) is -0.917. The van der Waals surface area contributed by atoms with Gasteiger partial charge in [0.2, 0.25) is 10.0 Å². The van der Waals surface area contributed by atoms with E-state index in [2.05, 4.69) is 20.7 Å². The first-order valence-electron chi connectivity index (χ1n) is 5.87. The molecule has 0 atom stereocenters. The summed E-state index contributed by atoms with van der Waals surface area (Å²) in [5.41, 5.74) is -0.259. The third kappa shape index (κ3) is 4.44. The van der Waals surface area contributed by atoms with Crippen LogP contribution in [0.15, 0.2) is 21.5 Å². The van der Waals surface area contributed by atoms with Crippen LogP contribution in [0.1, 0.15) is 30.6 Å². The first-order chi connectivity index (χ1) is 9.15. The Kier molecular flexibility index (Phi) is 6.00. The van der Waals surface area contributed by atoms with Gasteiger partial charge in [-0.3, -0.25) is 0 Å². The first kappa shape index (κ1) is 17.4. The Labute approximate surface area is 131 Å². The van der Waals surface area contributed by atoms with E-state index in [-0.39, 0.29) is 20.0 Å². The molecule has 0 aliphatic heterocycles. The van der Waals surface area contributed by atoms with Crippen LogP contribution in [0.2, 0.25) is 5.02 Å². The number of carboxylic acids is 1. The second-order valence-electron chi connectivity index (χ2n) is 4.65. The second-order valence-corrected chi connectivity index (χ2v) is 7.65. The van der Waals surface area contributed by atoms with Gasteiger partial charge in [-0.2, -0.15) is 0 Å². The number of hydrogen-bond acceptors (Lipinski definition) is 3. The molecule has 1 rings (SSSR count). The average Bonchev–Trinajstić information content (AvgIpc) is 2.31. The van der Waals surface area contributed by atoms with E-state index in [1.54, 1.807) is 0 Å². The Bertz CT molecular complexity index is 616. The van der Waals surface area contributed by atoms with Crippen molar-refractivity contribution in [1.29, 1.82) is 0 Å². The van der Waals surface area contributed by atoms with Gasteiger partial charge in [0, 0.05) is 11.0 Å². The van der Waals surface area contributed by atoms with E-state index in [9.17, 15) is 13.2 Å². The summed E-state index contributed by atoms with van der Waals surface area (Å²) in [4.78, 5) is 10.9. The molecule has 0 radical (unpaired) electrons. The highest BCUT2D eigenvalue weighted by molar-refractivity contribution is 9.10. The molecule has 0 saturated heterocycles. The minimum atomic E-state index is -3.75. The van der Waals surface area contributed by atoms with Gasteiger partial charge in [-0.25, -0.2) is 17.9 Å². The Morgan fingerprint density at radius 3 is 2.55 bits per heavy atom. The summed E-state index contributed by atoms with van der Waals surface area (Å²) >= 11 is 8.87. The number of hydrogen-bond donors (Lipinski definition) is 2. The molecule has 8 heteroatoms. The van der Waals surface area contributed by atoms with Crippen molar-refractivity contribution in [2.75, 3.05) is 6.54 Å². The molecule has 0 heterocycles. The van der Waals surface area contributed by atoms with Crippen molar-refractivity contribution in [2.24, 2.45) is 5.92 Å². The van der Waals surface area contributed by atoms with Gasteiger partial charge in [0.1, 0.15) is 0 Å². The monoisotopic (exact) mass is 383 g/mol. The molecular weight excluding hydrogens is 370 g/mol. The van der Waals surface area contributed by atoms with E-state index in [1.807, 2.05) is 13.8 Å². The Balaban J connectivity index is 3.10. The van der Waals surface area contributed by atoms with E-state index in [0.717, 1.165) is 6.07 Å². The summed E-state index contributed by atoms with van der Waals surface area (Å²) in [7, 11) is -3.75. The minimum Gasteiger partial charge on any atom is -0.478 e. The third-order valence-corrected chi connectivity index (χ3v) is 5.26. The normalized spacial score (nSPS) is 11.8. The standard InChI is InChI=1S/C12H15BrClNO4S/c1-7(2)3-4-15-20(18,19)8-5-9(12(16)17)11(14)10(13)6-8/h5-7,15H,3-4H2,1-2H3,(H,16,17). The maximum Gasteiger partial charge on any atom is 0.337 e. The van der Waals surface area contributed by atoms with Crippen molar-refractivity contribution in [1.82, 2.24) is 4.72 Å². The predicted octanol–water partition coefficient (Wildman–Crippen LogP) is 3.13. The quantitative estimate of drug-likeness (QED) is 0.789. The molecule has 0 spiro atoms. The van der Waals surface area contributed by atoms with Gasteiger partial charge in [-0.15, -0.1) is 0 Å².